The monoisotopic (exact) mass is 414 g/mol. The molecular weight excluding hydrogens is 395 g/mol. The van der Waals surface area contributed by atoms with Gasteiger partial charge in [0.1, 0.15) is 12.1 Å². The summed E-state index contributed by atoms with van der Waals surface area (Å²) in [6.45, 7) is 0.0636. The fourth-order valence-electron chi connectivity index (χ4n) is 3.39. The number of nitrogens with zero attached hydrogens (tertiary/aromatic N) is 4. The van der Waals surface area contributed by atoms with E-state index in [2.05, 4.69) is 15.2 Å². The van der Waals surface area contributed by atoms with Crippen LogP contribution in [-0.2, 0) is 11.2 Å². The molecule has 0 aromatic carbocycles. The number of carbonyl (C=O) groups is 1. The highest BCUT2D eigenvalue weighted by Gasteiger charge is 2.26. The van der Waals surface area contributed by atoms with E-state index in [1.54, 1.807) is 18.1 Å². The zero-order valence-electron chi connectivity index (χ0n) is 15.6. The molecule has 1 atom stereocenters. The number of likely N-dealkylation sites (N-methyl/N-ethyl adjacent to an activating group) is 1. The maximum absolute atomic E-state index is 13.1. The maximum atomic E-state index is 13.1. The third-order valence-corrected chi connectivity index (χ3v) is 6.24. The third kappa shape index (κ3) is 3.52. The Morgan fingerprint density at radius 2 is 2.28 bits per heavy atom. The van der Waals surface area contributed by atoms with Gasteiger partial charge < -0.3 is 5.73 Å². The lowest BCUT2D eigenvalue weighted by atomic mass is 10.1. The lowest BCUT2D eigenvalue weighted by Crippen LogP contribution is -2.23. The van der Waals surface area contributed by atoms with Crippen molar-refractivity contribution in [2.24, 2.45) is 5.73 Å². The van der Waals surface area contributed by atoms with Crippen LogP contribution in [0.3, 0.4) is 0 Å². The fourth-order valence-corrected chi connectivity index (χ4v) is 4.48. The van der Waals surface area contributed by atoms with Gasteiger partial charge in [0.05, 0.1) is 18.8 Å². The summed E-state index contributed by atoms with van der Waals surface area (Å²) in [4.78, 5) is 31.8. The first-order chi connectivity index (χ1) is 14.0. The Labute approximate surface area is 169 Å². The molecular formula is C19H19FN6O2S. The normalized spacial score (nSPS) is 15.1. The smallest absolute Gasteiger partial charge is 0.327 e. The number of hydrogen-bond acceptors (Lipinski definition) is 6. The van der Waals surface area contributed by atoms with Crippen molar-refractivity contribution in [1.82, 2.24) is 19.7 Å². The average molecular weight is 414 g/mol. The number of aromatic amines is 1. The highest BCUT2D eigenvalue weighted by atomic mass is 32.1. The van der Waals surface area contributed by atoms with Gasteiger partial charge in [-0.3, -0.25) is 14.3 Å². The van der Waals surface area contributed by atoms with Gasteiger partial charge >= 0.3 is 5.69 Å². The summed E-state index contributed by atoms with van der Waals surface area (Å²) in [7, 11) is 1.71. The Hall–Kier alpha value is -3.11. The summed E-state index contributed by atoms with van der Waals surface area (Å²) in [5, 5.41) is 6.16. The summed E-state index contributed by atoms with van der Waals surface area (Å²) in [5.74, 6) is 0.697. The minimum Gasteiger partial charge on any atom is -0.327 e. The van der Waals surface area contributed by atoms with Crippen molar-refractivity contribution in [3.63, 3.8) is 0 Å². The molecule has 29 heavy (non-hydrogen) atoms. The second-order valence-corrected chi connectivity index (χ2v) is 7.91. The molecule has 0 aliphatic carbocycles. The molecule has 1 amide bonds. The molecule has 3 aromatic rings. The molecule has 0 saturated carbocycles. The van der Waals surface area contributed by atoms with Crippen LogP contribution in [0.15, 0.2) is 47.4 Å². The number of amides is 1. The number of thiophene rings is 1. The largest absolute Gasteiger partial charge is 0.343 e. The van der Waals surface area contributed by atoms with Gasteiger partial charge in [0.15, 0.2) is 0 Å². The van der Waals surface area contributed by atoms with E-state index >= 15 is 0 Å². The number of aromatic nitrogens is 4. The Bertz CT molecular complexity index is 1150. The number of rotatable bonds is 6. The van der Waals surface area contributed by atoms with Crippen LogP contribution in [0.5, 0.6) is 0 Å². The second kappa shape index (κ2) is 7.72. The van der Waals surface area contributed by atoms with Crippen LogP contribution in [-0.4, -0.2) is 39.2 Å². The Balaban J connectivity index is 1.69. The number of nitrogens with two attached hydrogens (primary N) is 1. The van der Waals surface area contributed by atoms with Crippen LogP contribution >= 0.6 is 11.3 Å². The van der Waals surface area contributed by atoms with Crippen LogP contribution in [0, 0.1) is 0 Å². The quantitative estimate of drug-likeness (QED) is 0.641. The molecule has 0 fully saturated rings. The number of carbonyl (C=O) groups excluding carboxylic acids is 1. The van der Waals surface area contributed by atoms with Crippen molar-refractivity contribution >= 4 is 23.1 Å². The molecule has 1 unspecified atom stereocenters. The number of fused-ring (bicyclic) bond motifs is 1. The lowest BCUT2D eigenvalue weighted by Gasteiger charge is -2.16. The third-order valence-electron chi connectivity index (χ3n) is 5.00. The summed E-state index contributed by atoms with van der Waals surface area (Å²) in [6, 6.07) is 5.37. The number of pyridine rings is 1. The average Bonchev–Trinajstić information content (AvgIpc) is 3.43. The first-order valence-corrected chi connectivity index (χ1v) is 9.78. The first kappa shape index (κ1) is 19.2. The topological polar surface area (TPSA) is 110 Å². The molecule has 0 bridgehead atoms. The van der Waals surface area contributed by atoms with Gasteiger partial charge in [-0.05, 0) is 30.2 Å². The van der Waals surface area contributed by atoms with Crippen molar-refractivity contribution in [1.29, 1.82) is 0 Å². The molecule has 4 heterocycles. The minimum absolute atomic E-state index is 0.0169. The molecule has 1 aliphatic rings. The SMILES string of the molecule is CN1C(=O)Cc2cc(-c3ccc(C(C/C(=C\F)CN)n4cn[nH]c4=O)s3)cnc21. The van der Waals surface area contributed by atoms with Gasteiger partial charge in [0, 0.05) is 40.7 Å². The maximum Gasteiger partial charge on any atom is 0.343 e. The molecule has 4 rings (SSSR count). The molecule has 8 nitrogen and oxygen atoms in total. The molecule has 1 aliphatic heterocycles. The van der Waals surface area contributed by atoms with Crippen molar-refractivity contribution < 1.29 is 9.18 Å². The number of hydrogen-bond donors (Lipinski definition) is 2. The number of halogens is 1. The van der Waals surface area contributed by atoms with Crippen LogP contribution < -0.4 is 16.3 Å². The summed E-state index contributed by atoms with van der Waals surface area (Å²) < 4.78 is 14.6. The highest BCUT2D eigenvalue weighted by Crippen LogP contribution is 2.37. The van der Waals surface area contributed by atoms with E-state index in [1.165, 1.54) is 22.2 Å². The number of anilines is 1. The van der Waals surface area contributed by atoms with Gasteiger partial charge in [-0.1, -0.05) is 0 Å². The van der Waals surface area contributed by atoms with E-state index in [1.807, 2.05) is 18.2 Å². The van der Waals surface area contributed by atoms with Crippen molar-refractivity contribution in [2.45, 2.75) is 18.9 Å². The molecule has 0 saturated heterocycles. The van der Waals surface area contributed by atoms with Crippen molar-refractivity contribution in [3.8, 4) is 10.4 Å². The summed E-state index contributed by atoms with van der Waals surface area (Å²) >= 11 is 1.48. The number of nitrogens with one attached hydrogen (secondary N) is 1. The van der Waals surface area contributed by atoms with Crippen LogP contribution in [0.4, 0.5) is 10.2 Å². The van der Waals surface area contributed by atoms with E-state index in [-0.39, 0.29) is 24.6 Å². The second-order valence-electron chi connectivity index (χ2n) is 6.80. The fraction of sp³-hybridized carbons (Fsp3) is 0.263. The van der Waals surface area contributed by atoms with Gasteiger partial charge in [0.2, 0.25) is 5.91 Å². The Morgan fingerprint density at radius 1 is 1.45 bits per heavy atom. The van der Waals surface area contributed by atoms with Gasteiger partial charge in [-0.25, -0.2) is 19.3 Å². The minimum atomic E-state index is -0.430. The van der Waals surface area contributed by atoms with Crippen molar-refractivity contribution in [2.75, 3.05) is 18.5 Å². The lowest BCUT2D eigenvalue weighted by molar-refractivity contribution is -0.117. The Morgan fingerprint density at radius 3 is 2.97 bits per heavy atom. The van der Waals surface area contributed by atoms with E-state index in [4.69, 9.17) is 5.73 Å². The van der Waals surface area contributed by atoms with E-state index in [0.717, 1.165) is 20.9 Å². The van der Waals surface area contributed by atoms with Crippen LogP contribution in [0.1, 0.15) is 22.9 Å². The highest BCUT2D eigenvalue weighted by molar-refractivity contribution is 7.15. The standard InChI is InChI=1S/C19H19FN6O2S/c1-25-17(27)6-12-5-13(9-22-18(12)25)15-2-3-16(29-15)14(4-11(7-20)8-21)26-10-23-24-19(26)28/h2-3,5,7,9-10,14H,4,6,8,21H2,1H3,(H,24,28)/b11-7+. The number of H-pyrrole nitrogens is 1. The molecule has 0 radical (unpaired) electrons. The van der Waals surface area contributed by atoms with E-state index < -0.39 is 6.04 Å². The molecule has 3 aromatic heterocycles. The molecule has 150 valence electrons. The Kier molecular flexibility index (Phi) is 5.12. The summed E-state index contributed by atoms with van der Waals surface area (Å²) in [6.07, 6.45) is 4.21. The predicted octanol–water partition coefficient (Wildman–Crippen LogP) is 2.01. The zero-order valence-corrected chi connectivity index (χ0v) is 16.4. The molecule has 3 N–H and O–H groups in total. The van der Waals surface area contributed by atoms with Crippen LogP contribution in [0.25, 0.3) is 10.4 Å². The van der Waals surface area contributed by atoms with E-state index in [0.29, 0.717) is 24.1 Å². The molecule has 0 spiro atoms. The first-order valence-electron chi connectivity index (χ1n) is 8.97. The van der Waals surface area contributed by atoms with Gasteiger partial charge in [-0.15, -0.1) is 11.3 Å². The van der Waals surface area contributed by atoms with Gasteiger partial charge in [-0.2, -0.15) is 5.10 Å². The predicted molar refractivity (Wildman–Crippen MR) is 109 cm³/mol. The summed E-state index contributed by atoms with van der Waals surface area (Å²) in [5.41, 5.74) is 7.42. The zero-order chi connectivity index (χ0) is 20.5. The van der Waals surface area contributed by atoms with Crippen molar-refractivity contribution in [3.05, 3.63) is 63.6 Å². The van der Waals surface area contributed by atoms with Gasteiger partial charge in [0.25, 0.3) is 0 Å². The molecule has 10 heteroatoms. The van der Waals surface area contributed by atoms with E-state index in [9.17, 15) is 14.0 Å². The van der Waals surface area contributed by atoms with Crippen LogP contribution in [0.2, 0.25) is 0 Å².